The van der Waals surface area contributed by atoms with Gasteiger partial charge in [-0.25, -0.2) is 0 Å². The molecule has 1 heterocycles. The molecule has 1 amide bonds. The van der Waals surface area contributed by atoms with Crippen LogP contribution < -0.4 is 14.8 Å². The van der Waals surface area contributed by atoms with E-state index in [0.717, 1.165) is 6.42 Å². The second-order valence-corrected chi connectivity index (χ2v) is 5.08. The number of carboxylic acid groups (broad SMARTS) is 1. The molecule has 2 rings (SSSR count). The van der Waals surface area contributed by atoms with Crippen LogP contribution in [0.2, 0.25) is 0 Å². The minimum absolute atomic E-state index is 0. The van der Waals surface area contributed by atoms with Crippen molar-refractivity contribution in [1.82, 2.24) is 4.90 Å². The van der Waals surface area contributed by atoms with Crippen molar-refractivity contribution in [3.8, 4) is 11.5 Å². The molecule has 128 valence electrons. The van der Waals surface area contributed by atoms with Gasteiger partial charge in [0, 0.05) is 6.07 Å². The number of methoxy groups -OCH3 is 2. The number of likely N-dealkylation sites (tertiary alicyclic amines) is 1. The number of amides is 1. The van der Waals surface area contributed by atoms with Gasteiger partial charge in [-0.05, 0) is 31.5 Å². The highest BCUT2D eigenvalue weighted by atomic mass is 35.5. The van der Waals surface area contributed by atoms with Crippen LogP contribution in [0.15, 0.2) is 18.2 Å². The van der Waals surface area contributed by atoms with Gasteiger partial charge in [-0.15, -0.1) is 12.4 Å². The molecular weight excluding hydrogens is 324 g/mol. The Bertz CT molecular complexity index is 567. The van der Waals surface area contributed by atoms with E-state index in [-0.39, 0.29) is 24.9 Å². The molecule has 0 bridgehead atoms. The highest BCUT2D eigenvalue weighted by Gasteiger charge is 2.31. The smallest absolute Gasteiger partial charge is 0.320 e. The second-order valence-electron chi connectivity index (χ2n) is 5.08. The van der Waals surface area contributed by atoms with Crippen LogP contribution >= 0.6 is 12.4 Å². The third-order valence-corrected chi connectivity index (χ3v) is 3.68. The molecule has 0 unspecified atom stereocenters. The highest BCUT2D eigenvalue weighted by Crippen LogP contribution is 2.29. The zero-order valence-electron chi connectivity index (χ0n) is 13.1. The average Bonchev–Trinajstić information content (AvgIpc) is 2.95. The van der Waals surface area contributed by atoms with Gasteiger partial charge < -0.3 is 19.9 Å². The fourth-order valence-corrected chi connectivity index (χ4v) is 2.58. The molecule has 1 fully saturated rings. The quantitative estimate of drug-likeness (QED) is 0.815. The Balaban J connectivity index is 0.00000264. The van der Waals surface area contributed by atoms with Crippen molar-refractivity contribution < 1.29 is 24.2 Å². The van der Waals surface area contributed by atoms with Crippen LogP contribution in [0.5, 0.6) is 11.5 Å². The van der Waals surface area contributed by atoms with Crippen molar-refractivity contribution in [2.45, 2.75) is 18.9 Å². The van der Waals surface area contributed by atoms with Gasteiger partial charge in [0.05, 0.1) is 26.5 Å². The second kappa shape index (κ2) is 8.59. The lowest BCUT2D eigenvalue weighted by Gasteiger charge is -2.20. The predicted molar refractivity (Wildman–Crippen MR) is 87.7 cm³/mol. The summed E-state index contributed by atoms with van der Waals surface area (Å²) >= 11 is 0. The third-order valence-electron chi connectivity index (χ3n) is 3.68. The number of ether oxygens (including phenoxy) is 2. The SMILES string of the molecule is COc1ccc(OC)c(NC(=O)CN2CCC[C@H]2C(=O)O)c1.Cl. The molecule has 8 heteroatoms. The first-order valence-corrected chi connectivity index (χ1v) is 7.04. The molecule has 1 atom stereocenters. The number of hydrogen-bond donors (Lipinski definition) is 2. The van der Waals surface area contributed by atoms with Crippen LogP contribution in [0.4, 0.5) is 5.69 Å². The van der Waals surface area contributed by atoms with Crippen LogP contribution in [0, 0.1) is 0 Å². The number of carbonyl (C=O) groups is 2. The predicted octanol–water partition coefficient (Wildman–Crippen LogP) is 1.61. The standard InChI is InChI=1S/C15H20N2O5.ClH/c1-21-10-5-6-13(22-2)11(8-10)16-14(18)9-17-7-3-4-12(17)15(19)20;/h5-6,8,12H,3-4,7,9H2,1-2H3,(H,16,18)(H,19,20);1H/t12-;/m0./s1. The molecule has 1 aromatic rings. The van der Waals surface area contributed by atoms with Crippen LogP contribution in [0.25, 0.3) is 0 Å². The lowest BCUT2D eigenvalue weighted by Crippen LogP contribution is -2.40. The fourth-order valence-electron chi connectivity index (χ4n) is 2.58. The normalized spacial score (nSPS) is 17.2. The Morgan fingerprint density at radius 1 is 1.35 bits per heavy atom. The monoisotopic (exact) mass is 344 g/mol. The van der Waals surface area contributed by atoms with Gasteiger partial charge in [0.25, 0.3) is 0 Å². The summed E-state index contributed by atoms with van der Waals surface area (Å²) in [4.78, 5) is 25.0. The Labute approximate surface area is 141 Å². The largest absolute Gasteiger partial charge is 0.497 e. The topological polar surface area (TPSA) is 88.1 Å². The minimum atomic E-state index is -0.885. The zero-order chi connectivity index (χ0) is 16.1. The first-order valence-electron chi connectivity index (χ1n) is 7.04. The molecule has 0 aromatic heterocycles. The molecule has 0 saturated carbocycles. The van der Waals surface area contributed by atoms with E-state index >= 15 is 0 Å². The number of aliphatic carboxylic acids is 1. The van der Waals surface area contributed by atoms with E-state index in [9.17, 15) is 9.59 Å². The van der Waals surface area contributed by atoms with Gasteiger partial charge in [0.15, 0.2) is 0 Å². The number of halogens is 1. The molecule has 1 aliphatic rings. The van der Waals surface area contributed by atoms with E-state index in [2.05, 4.69) is 5.32 Å². The van der Waals surface area contributed by atoms with E-state index in [4.69, 9.17) is 14.6 Å². The van der Waals surface area contributed by atoms with E-state index < -0.39 is 12.0 Å². The molecule has 1 aliphatic heterocycles. The maximum Gasteiger partial charge on any atom is 0.320 e. The van der Waals surface area contributed by atoms with Crippen molar-refractivity contribution in [2.24, 2.45) is 0 Å². The number of anilines is 1. The molecule has 0 radical (unpaired) electrons. The molecule has 23 heavy (non-hydrogen) atoms. The molecule has 1 aromatic carbocycles. The fraction of sp³-hybridized carbons (Fsp3) is 0.467. The van der Waals surface area contributed by atoms with E-state index in [1.807, 2.05) is 0 Å². The van der Waals surface area contributed by atoms with Gasteiger partial charge in [-0.2, -0.15) is 0 Å². The number of nitrogens with one attached hydrogen (secondary N) is 1. The number of carboxylic acids is 1. The maximum atomic E-state index is 12.2. The van der Waals surface area contributed by atoms with Crippen molar-refractivity contribution in [3.05, 3.63) is 18.2 Å². The highest BCUT2D eigenvalue weighted by molar-refractivity contribution is 5.94. The maximum absolute atomic E-state index is 12.2. The Hall–Kier alpha value is -1.99. The first-order chi connectivity index (χ1) is 10.5. The van der Waals surface area contributed by atoms with Crippen LogP contribution in [-0.2, 0) is 9.59 Å². The summed E-state index contributed by atoms with van der Waals surface area (Å²) in [5, 5.41) is 11.9. The van der Waals surface area contributed by atoms with Crippen molar-refractivity contribution >= 4 is 30.0 Å². The lowest BCUT2D eigenvalue weighted by atomic mass is 10.2. The molecular formula is C15H21ClN2O5. The average molecular weight is 345 g/mol. The number of hydrogen-bond acceptors (Lipinski definition) is 5. The van der Waals surface area contributed by atoms with Gasteiger partial charge in [-0.3, -0.25) is 14.5 Å². The van der Waals surface area contributed by atoms with Gasteiger partial charge in [0.2, 0.25) is 5.91 Å². The number of nitrogens with zero attached hydrogens (tertiary/aromatic N) is 1. The lowest BCUT2D eigenvalue weighted by molar-refractivity contribution is -0.142. The van der Waals surface area contributed by atoms with Crippen LogP contribution in [0.1, 0.15) is 12.8 Å². The first kappa shape index (κ1) is 19.1. The minimum Gasteiger partial charge on any atom is -0.497 e. The summed E-state index contributed by atoms with van der Waals surface area (Å²) in [5.74, 6) is -0.0463. The summed E-state index contributed by atoms with van der Waals surface area (Å²) in [6, 6.07) is 4.51. The van der Waals surface area contributed by atoms with Gasteiger partial charge in [0.1, 0.15) is 17.5 Å². The van der Waals surface area contributed by atoms with E-state index in [1.165, 1.54) is 14.2 Å². The molecule has 7 nitrogen and oxygen atoms in total. The Kier molecular flexibility index (Phi) is 7.12. The van der Waals surface area contributed by atoms with Crippen LogP contribution in [0.3, 0.4) is 0 Å². The molecule has 0 spiro atoms. The zero-order valence-corrected chi connectivity index (χ0v) is 13.9. The van der Waals surface area contributed by atoms with Gasteiger partial charge in [-0.1, -0.05) is 0 Å². The molecule has 0 aliphatic carbocycles. The number of benzene rings is 1. The summed E-state index contributed by atoms with van der Waals surface area (Å²) in [5.41, 5.74) is 0.498. The van der Waals surface area contributed by atoms with Crippen LogP contribution in [-0.4, -0.2) is 55.2 Å². The van der Waals surface area contributed by atoms with Gasteiger partial charge >= 0.3 is 5.97 Å². The molecule has 2 N–H and O–H groups in total. The Morgan fingerprint density at radius 3 is 2.70 bits per heavy atom. The van der Waals surface area contributed by atoms with Crippen molar-refractivity contribution in [3.63, 3.8) is 0 Å². The summed E-state index contributed by atoms with van der Waals surface area (Å²) in [7, 11) is 3.05. The number of rotatable bonds is 6. The third kappa shape index (κ3) is 4.74. The molecule has 1 saturated heterocycles. The summed E-state index contributed by atoms with van der Waals surface area (Å²) in [6.07, 6.45) is 1.36. The van der Waals surface area contributed by atoms with E-state index in [1.54, 1.807) is 23.1 Å². The Morgan fingerprint density at radius 2 is 2.09 bits per heavy atom. The number of carbonyl (C=O) groups excluding carboxylic acids is 1. The van der Waals surface area contributed by atoms with Crippen molar-refractivity contribution in [2.75, 3.05) is 32.6 Å². The summed E-state index contributed by atoms with van der Waals surface area (Å²) < 4.78 is 10.3. The summed E-state index contributed by atoms with van der Waals surface area (Å²) in [6.45, 7) is 0.650. The van der Waals surface area contributed by atoms with E-state index in [0.29, 0.717) is 30.2 Å². The van der Waals surface area contributed by atoms with Crippen molar-refractivity contribution in [1.29, 1.82) is 0 Å².